The van der Waals surface area contributed by atoms with Crippen molar-refractivity contribution in [3.63, 3.8) is 0 Å². The highest BCUT2D eigenvalue weighted by molar-refractivity contribution is 9.10. The second kappa shape index (κ2) is 6.59. The molecule has 1 N–H and O–H groups in total. The molecule has 1 atom stereocenters. The molecule has 2 aromatic heterocycles. The zero-order valence-corrected chi connectivity index (χ0v) is 14.1. The van der Waals surface area contributed by atoms with E-state index in [0.29, 0.717) is 0 Å². The van der Waals surface area contributed by atoms with Gasteiger partial charge in [0.2, 0.25) is 0 Å². The third kappa shape index (κ3) is 3.15. The van der Waals surface area contributed by atoms with Crippen molar-refractivity contribution in [3.8, 4) is 0 Å². The molecule has 0 saturated carbocycles. The Morgan fingerprint density at radius 2 is 2.15 bits per heavy atom. The Morgan fingerprint density at radius 3 is 2.70 bits per heavy atom. The number of hydrogen-bond donors (Lipinski definition) is 1. The molecule has 0 aliphatic heterocycles. The van der Waals surface area contributed by atoms with E-state index in [4.69, 9.17) is 4.42 Å². The predicted octanol–water partition coefficient (Wildman–Crippen LogP) is 3.98. The minimum absolute atomic E-state index is 0.181. The average Bonchev–Trinajstić information content (AvgIpc) is 3.00. The molecule has 5 heteroatoms. The maximum Gasteiger partial charge on any atom is 0.120 e. The third-order valence-electron chi connectivity index (χ3n) is 3.46. The molecule has 0 saturated heterocycles. The first kappa shape index (κ1) is 15.3. The molecule has 110 valence electrons. The fourth-order valence-electron chi connectivity index (χ4n) is 2.22. The molecule has 1 unspecified atom stereocenters. The second-order valence-corrected chi connectivity index (χ2v) is 5.72. The average molecular weight is 340 g/mol. The lowest BCUT2D eigenvalue weighted by Crippen LogP contribution is -2.20. The van der Waals surface area contributed by atoms with E-state index in [1.54, 1.807) is 0 Å². The number of furan rings is 1. The summed E-state index contributed by atoms with van der Waals surface area (Å²) in [6.07, 6.45) is 0.938. The highest BCUT2D eigenvalue weighted by Gasteiger charge is 2.15. The number of rotatable bonds is 6. The van der Waals surface area contributed by atoms with E-state index >= 15 is 0 Å². The number of aryl methyl sites for hydroxylation is 3. The molecule has 2 rings (SSSR count). The van der Waals surface area contributed by atoms with Crippen molar-refractivity contribution >= 4 is 15.9 Å². The zero-order chi connectivity index (χ0) is 14.7. The van der Waals surface area contributed by atoms with E-state index < -0.39 is 0 Å². The Hall–Kier alpha value is -1.07. The van der Waals surface area contributed by atoms with E-state index in [1.807, 2.05) is 19.1 Å². The van der Waals surface area contributed by atoms with Crippen LogP contribution in [0.15, 0.2) is 21.0 Å². The Morgan fingerprint density at radius 1 is 1.40 bits per heavy atom. The minimum atomic E-state index is 0.181. The first-order valence-electron chi connectivity index (χ1n) is 7.10. The van der Waals surface area contributed by atoms with Gasteiger partial charge in [0.15, 0.2) is 0 Å². The van der Waals surface area contributed by atoms with Gasteiger partial charge < -0.3 is 9.73 Å². The summed E-state index contributed by atoms with van der Waals surface area (Å²) in [4.78, 5) is 0. The molecule has 2 aromatic rings. The SMILES string of the molecule is CCc1nn(CC)c(CNC(C)c2ccc(C)o2)c1Br. The Balaban J connectivity index is 2.08. The molecular formula is C15H22BrN3O. The molecule has 0 amide bonds. The monoisotopic (exact) mass is 339 g/mol. The largest absolute Gasteiger partial charge is 0.465 e. The van der Waals surface area contributed by atoms with Crippen molar-refractivity contribution in [2.75, 3.05) is 0 Å². The smallest absolute Gasteiger partial charge is 0.120 e. The quantitative estimate of drug-likeness (QED) is 0.865. The Labute approximate surface area is 128 Å². The molecule has 0 bridgehead atoms. The van der Waals surface area contributed by atoms with Crippen molar-refractivity contribution in [2.45, 2.75) is 53.2 Å². The molecule has 0 aliphatic carbocycles. The molecular weight excluding hydrogens is 318 g/mol. The summed E-state index contributed by atoms with van der Waals surface area (Å²) in [5.41, 5.74) is 2.31. The number of hydrogen-bond acceptors (Lipinski definition) is 3. The van der Waals surface area contributed by atoms with Crippen LogP contribution in [0.5, 0.6) is 0 Å². The normalized spacial score (nSPS) is 12.8. The third-order valence-corrected chi connectivity index (χ3v) is 4.37. The summed E-state index contributed by atoms with van der Waals surface area (Å²) in [6, 6.07) is 4.20. The van der Waals surface area contributed by atoms with Gasteiger partial charge in [0.05, 0.1) is 21.9 Å². The van der Waals surface area contributed by atoms with Crippen LogP contribution < -0.4 is 5.32 Å². The summed E-state index contributed by atoms with van der Waals surface area (Å²) >= 11 is 3.67. The summed E-state index contributed by atoms with van der Waals surface area (Å²) in [7, 11) is 0. The number of aromatic nitrogens is 2. The lowest BCUT2D eigenvalue weighted by atomic mass is 10.2. The van der Waals surface area contributed by atoms with E-state index in [0.717, 1.165) is 41.2 Å². The Kier molecular flexibility index (Phi) is 5.05. The van der Waals surface area contributed by atoms with Gasteiger partial charge in [-0.2, -0.15) is 5.10 Å². The van der Waals surface area contributed by atoms with Crippen LogP contribution in [-0.2, 0) is 19.5 Å². The molecule has 20 heavy (non-hydrogen) atoms. The lowest BCUT2D eigenvalue weighted by Gasteiger charge is -2.12. The Bertz CT molecular complexity index is 574. The maximum atomic E-state index is 5.65. The van der Waals surface area contributed by atoms with Crippen LogP contribution in [-0.4, -0.2) is 9.78 Å². The van der Waals surface area contributed by atoms with Crippen LogP contribution in [0.4, 0.5) is 0 Å². The molecule has 4 nitrogen and oxygen atoms in total. The zero-order valence-electron chi connectivity index (χ0n) is 12.5. The molecule has 0 spiro atoms. The number of nitrogens with one attached hydrogen (secondary N) is 1. The van der Waals surface area contributed by atoms with Crippen molar-refractivity contribution in [1.82, 2.24) is 15.1 Å². The van der Waals surface area contributed by atoms with E-state index in [2.05, 4.69) is 51.8 Å². The molecule has 0 fully saturated rings. The summed E-state index contributed by atoms with van der Waals surface area (Å²) in [5, 5.41) is 8.10. The van der Waals surface area contributed by atoms with Crippen LogP contribution in [0.3, 0.4) is 0 Å². The molecule has 0 radical (unpaired) electrons. The van der Waals surface area contributed by atoms with Gasteiger partial charge in [-0.05, 0) is 55.3 Å². The van der Waals surface area contributed by atoms with Gasteiger partial charge in [-0.25, -0.2) is 0 Å². The van der Waals surface area contributed by atoms with Crippen molar-refractivity contribution in [3.05, 3.63) is 39.5 Å². The van der Waals surface area contributed by atoms with Crippen LogP contribution in [0.25, 0.3) is 0 Å². The molecule has 0 aromatic carbocycles. The van der Waals surface area contributed by atoms with Crippen LogP contribution in [0.1, 0.15) is 49.7 Å². The first-order valence-corrected chi connectivity index (χ1v) is 7.89. The summed E-state index contributed by atoms with van der Waals surface area (Å²) < 4.78 is 8.82. The van der Waals surface area contributed by atoms with E-state index in [1.165, 1.54) is 5.69 Å². The van der Waals surface area contributed by atoms with Crippen molar-refractivity contribution in [2.24, 2.45) is 0 Å². The maximum absolute atomic E-state index is 5.65. The topological polar surface area (TPSA) is 43.0 Å². The van der Waals surface area contributed by atoms with Crippen LogP contribution in [0.2, 0.25) is 0 Å². The van der Waals surface area contributed by atoms with Gasteiger partial charge in [-0.15, -0.1) is 0 Å². The van der Waals surface area contributed by atoms with Crippen molar-refractivity contribution in [1.29, 1.82) is 0 Å². The number of halogens is 1. The lowest BCUT2D eigenvalue weighted by molar-refractivity contribution is 0.410. The highest BCUT2D eigenvalue weighted by atomic mass is 79.9. The van der Waals surface area contributed by atoms with Gasteiger partial charge in [-0.1, -0.05) is 6.92 Å². The van der Waals surface area contributed by atoms with Gasteiger partial charge >= 0.3 is 0 Å². The summed E-state index contributed by atoms with van der Waals surface area (Å²) in [6.45, 7) is 9.96. The van der Waals surface area contributed by atoms with E-state index in [9.17, 15) is 0 Å². The van der Waals surface area contributed by atoms with Gasteiger partial charge in [0.1, 0.15) is 11.5 Å². The van der Waals surface area contributed by atoms with E-state index in [-0.39, 0.29) is 6.04 Å². The van der Waals surface area contributed by atoms with Crippen molar-refractivity contribution < 1.29 is 4.42 Å². The number of nitrogens with zero attached hydrogens (tertiary/aromatic N) is 2. The van der Waals surface area contributed by atoms with Gasteiger partial charge in [-0.3, -0.25) is 4.68 Å². The minimum Gasteiger partial charge on any atom is -0.465 e. The fourth-order valence-corrected chi connectivity index (χ4v) is 2.93. The standard InChI is InChI=1S/C15H22BrN3O/c1-5-12-15(16)13(19(6-2)18-12)9-17-11(4)14-8-7-10(3)20-14/h7-8,11,17H,5-6,9H2,1-4H3. The predicted molar refractivity (Wildman–Crippen MR) is 83.7 cm³/mol. The van der Waals surface area contributed by atoms with Crippen LogP contribution >= 0.6 is 15.9 Å². The fraction of sp³-hybridized carbons (Fsp3) is 0.533. The second-order valence-electron chi connectivity index (χ2n) is 4.93. The first-order chi connectivity index (χ1) is 9.56. The molecule has 2 heterocycles. The van der Waals surface area contributed by atoms with Gasteiger partial charge in [0, 0.05) is 13.1 Å². The summed E-state index contributed by atoms with van der Waals surface area (Å²) in [5.74, 6) is 1.92. The highest BCUT2D eigenvalue weighted by Crippen LogP contribution is 2.23. The van der Waals surface area contributed by atoms with Crippen LogP contribution in [0, 0.1) is 6.92 Å². The molecule has 0 aliphatic rings. The van der Waals surface area contributed by atoms with Gasteiger partial charge in [0.25, 0.3) is 0 Å².